The molecule has 0 bridgehead atoms. The Morgan fingerprint density at radius 3 is 2.82 bits per heavy atom. The summed E-state index contributed by atoms with van der Waals surface area (Å²) < 4.78 is 47.1. The summed E-state index contributed by atoms with van der Waals surface area (Å²) in [6, 6.07) is 7.19. The van der Waals surface area contributed by atoms with E-state index >= 15 is 0 Å². The number of likely N-dealkylation sites (N-methyl/N-ethyl adjacent to an activating group) is 1. The lowest BCUT2D eigenvalue weighted by Crippen LogP contribution is -2.42. The van der Waals surface area contributed by atoms with Gasteiger partial charge in [0.25, 0.3) is 0 Å². The SMILES string of the molecule is CN(C)CCn1c(=O)oc2ccc(NC(=O)C3CCCN(c4ncccc4C(F)(F)F)C3)cc21. The minimum absolute atomic E-state index is 0.132. The number of anilines is 2. The fourth-order valence-corrected chi connectivity index (χ4v) is 4.15. The molecule has 0 spiro atoms. The van der Waals surface area contributed by atoms with E-state index in [0.29, 0.717) is 49.3 Å². The van der Waals surface area contributed by atoms with Crippen LogP contribution in [0.1, 0.15) is 18.4 Å². The zero-order valence-corrected chi connectivity index (χ0v) is 18.9. The van der Waals surface area contributed by atoms with Crippen molar-refractivity contribution in [2.45, 2.75) is 25.6 Å². The Kier molecular flexibility index (Phi) is 6.65. The number of pyridine rings is 1. The third kappa shape index (κ3) is 5.09. The first kappa shape index (κ1) is 23.8. The molecule has 11 heteroatoms. The molecule has 1 aromatic carbocycles. The predicted octanol–water partition coefficient (Wildman–Crippen LogP) is 3.43. The molecule has 3 heterocycles. The van der Waals surface area contributed by atoms with E-state index in [1.54, 1.807) is 18.2 Å². The third-order valence-corrected chi connectivity index (χ3v) is 5.89. The van der Waals surface area contributed by atoms with E-state index in [4.69, 9.17) is 4.42 Å². The van der Waals surface area contributed by atoms with Crippen molar-refractivity contribution in [3.05, 3.63) is 52.6 Å². The Bertz CT molecular complexity index is 1230. The van der Waals surface area contributed by atoms with Crippen molar-refractivity contribution in [2.24, 2.45) is 5.92 Å². The Balaban J connectivity index is 1.51. The van der Waals surface area contributed by atoms with Crippen molar-refractivity contribution in [2.75, 3.05) is 43.9 Å². The molecule has 1 aliphatic rings. The van der Waals surface area contributed by atoms with Crippen LogP contribution < -0.4 is 16.0 Å². The number of fused-ring (bicyclic) bond motifs is 1. The van der Waals surface area contributed by atoms with E-state index in [1.165, 1.54) is 21.7 Å². The Morgan fingerprint density at radius 2 is 2.09 bits per heavy atom. The van der Waals surface area contributed by atoms with Gasteiger partial charge in [0.1, 0.15) is 5.82 Å². The standard InChI is InChI=1S/C23H26F3N5O3/c1-29(2)11-12-31-18-13-16(7-8-19(18)34-22(31)33)28-21(32)15-5-4-10-30(14-15)20-17(23(24,25)26)6-3-9-27-20/h3,6-9,13,15H,4-5,10-12,14H2,1-2H3,(H,28,32). The third-order valence-electron chi connectivity index (χ3n) is 5.89. The van der Waals surface area contributed by atoms with Gasteiger partial charge in [-0.05, 0) is 57.3 Å². The second-order valence-electron chi connectivity index (χ2n) is 8.65. The molecule has 4 rings (SSSR count). The molecule has 0 aliphatic carbocycles. The van der Waals surface area contributed by atoms with Crippen LogP contribution in [0.4, 0.5) is 24.7 Å². The maximum Gasteiger partial charge on any atom is 0.419 e. The van der Waals surface area contributed by atoms with Crippen molar-refractivity contribution >= 4 is 28.5 Å². The van der Waals surface area contributed by atoms with Gasteiger partial charge in [-0.25, -0.2) is 9.78 Å². The van der Waals surface area contributed by atoms with Crippen LogP contribution in [-0.4, -0.2) is 54.1 Å². The van der Waals surface area contributed by atoms with Crippen LogP contribution in [-0.2, 0) is 17.5 Å². The monoisotopic (exact) mass is 477 g/mol. The van der Waals surface area contributed by atoms with Gasteiger partial charge >= 0.3 is 11.9 Å². The van der Waals surface area contributed by atoms with E-state index < -0.39 is 23.4 Å². The number of benzene rings is 1. The fourth-order valence-electron chi connectivity index (χ4n) is 4.15. The van der Waals surface area contributed by atoms with Gasteiger partial charge in [0.15, 0.2) is 5.58 Å². The average Bonchev–Trinajstić information content (AvgIpc) is 3.11. The number of halogens is 3. The molecule has 1 atom stereocenters. The van der Waals surface area contributed by atoms with Gasteiger partial charge < -0.3 is 19.5 Å². The van der Waals surface area contributed by atoms with Gasteiger partial charge in [-0.15, -0.1) is 0 Å². The van der Waals surface area contributed by atoms with Crippen LogP contribution in [0.25, 0.3) is 11.1 Å². The molecule has 1 unspecified atom stereocenters. The predicted molar refractivity (Wildman–Crippen MR) is 122 cm³/mol. The van der Waals surface area contributed by atoms with Gasteiger partial charge in [-0.2, -0.15) is 13.2 Å². The van der Waals surface area contributed by atoms with Crippen molar-refractivity contribution in [3.63, 3.8) is 0 Å². The lowest BCUT2D eigenvalue weighted by atomic mass is 9.96. The number of nitrogens with one attached hydrogen (secondary N) is 1. The first-order valence-electron chi connectivity index (χ1n) is 11.0. The Hall–Kier alpha value is -3.34. The van der Waals surface area contributed by atoms with Crippen LogP contribution in [0.5, 0.6) is 0 Å². The van der Waals surface area contributed by atoms with Crippen molar-refractivity contribution in [1.82, 2.24) is 14.5 Å². The summed E-state index contributed by atoms with van der Waals surface area (Å²) in [6.45, 7) is 1.59. The molecule has 182 valence electrons. The number of hydrogen-bond acceptors (Lipinski definition) is 6. The van der Waals surface area contributed by atoms with Crippen molar-refractivity contribution in [1.29, 1.82) is 0 Å². The maximum absolute atomic E-state index is 13.4. The summed E-state index contributed by atoms with van der Waals surface area (Å²) in [5.74, 6) is -1.43. The number of aromatic nitrogens is 2. The molecule has 1 N–H and O–H groups in total. The summed E-state index contributed by atoms with van der Waals surface area (Å²) in [5, 5.41) is 2.85. The molecular formula is C23H26F3N5O3. The van der Waals surface area contributed by atoms with Gasteiger partial charge in [0.2, 0.25) is 5.91 Å². The molecule has 0 saturated carbocycles. The van der Waals surface area contributed by atoms with Gasteiger partial charge in [0.05, 0.1) is 17.0 Å². The molecule has 1 saturated heterocycles. The van der Waals surface area contributed by atoms with Gasteiger partial charge in [-0.3, -0.25) is 9.36 Å². The van der Waals surface area contributed by atoms with Crippen LogP contribution >= 0.6 is 0 Å². The molecule has 1 fully saturated rings. The average molecular weight is 477 g/mol. The summed E-state index contributed by atoms with van der Waals surface area (Å²) >= 11 is 0. The van der Waals surface area contributed by atoms with Crippen LogP contribution in [0.3, 0.4) is 0 Å². The highest BCUT2D eigenvalue weighted by atomic mass is 19.4. The lowest BCUT2D eigenvalue weighted by Gasteiger charge is -2.34. The van der Waals surface area contributed by atoms with E-state index in [9.17, 15) is 22.8 Å². The minimum Gasteiger partial charge on any atom is -0.408 e. The number of alkyl halides is 3. The number of oxazole rings is 1. The number of hydrogen-bond donors (Lipinski definition) is 1. The van der Waals surface area contributed by atoms with Gasteiger partial charge in [0, 0.05) is 38.1 Å². The second kappa shape index (κ2) is 9.49. The lowest BCUT2D eigenvalue weighted by molar-refractivity contribution is -0.137. The number of piperidine rings is 1. The first-order valence-corrected chi connectivity index (χ1v) is 11.0. The molecule has 1 aliphatic heterocycles. The number of carbonyl (C=O) groups is 1. The zero-order valence-electron chi connectivity index (χ0n) is 18.9. The smallest absolute Gasteiger partial charge is 0.408 e. The number of nitrogens with zero attached hydrogens (tertiary/aromatic N) is 4. The summed E-state index contributed by atoms with van der Waals surface area (Å²) in [4.78, 5) is 32.6. The maximum atomic E-state index is 13.4. The molecule has 8 nitrogen and oxygen atoms in total. The number of amides is 1. The summed E-state index contributed by atoms with van der Waals surface area (Å²) in [7, 11) is 3.80. The quantitative estimate of drug-likeness (QED) is 0.586. The van der Waals surface area contributed by atoms with E-state index in [-0.39, 0.29) is 18.3 Å². The highest BCUT2D eigenvalue weighted by Crippen LogP contribution is 2.36. The first-order chi connectivity index (χ1) is 16.1. The topological polar surface area (TPSA) is 83.6 Å². The number of carbonyl (C=O) groups excluding carboxylic acids is 1. The minimum atomic E-state index is -4.53. The normalized spacial score (nSPS) is 16.9. The van der Waals surface area contributed by atoms with E-state index in [0.717, 1.165) is 6.07 Å². The summed E-state index contributed by atoms with van der Waals surface area (Å²) in [6.07, 6.45) is -2.08. The van der Waals surface area contributed by atoms with Crippen LogP contribution in [0, 0.1) is 5.92 Å². The molecule has 2 aromatic heterocycles. The van der Waals surface area contributed by atoms with Crippen molar-refractivity contribution < 1.29 is 22.4 Å². The number of rotatable bonds is 6. The largest absolute Gasteiger partial charge is 0.419 e. The zero-order chi connectivity index (χ0) is 24.5. The molecule has 3 aromatic rings. The van der Waals surface area contributed by atoms with Gasteiger partial charge in [-0.1, -0.05) is 0 Å². The summed E-state index contributed by atoms with van der Waals surface area (Å²) in [5.41, 5.74) is 0.665. The highest BCUT2D eigenvalue weighted by molar-refractivity contribution is 5.94. The molecule has 0 radical (unpaired) electrons. The van der Waals surface area contributed by atoms with Crippen molar-refractivity contribution in [3.8, 4) is 0 Å². The highest BCUT2D eigenvalue weighted by Gasteiger charge is 2.37. The van der Waals surface area contributed by atoms with E-state index in [1.807, 2.05) is 19.0 Å². The fraction of sp³-hybridized carbons (Fsp3) is 0.435. The Morgan fingerprint density at radius 1 is 1.29 bits per heavy atom. The van der Waals surface area contributed by atoms with Crippen LogP contribution in [0.15, 0.2) is 45.7 Å². The molecular weight excluding hydrogens is 451 g/mol. The van der Waals surface area contributed by atoms with E-state index in [2.05, 4.69) is 10.3 Å². The second-order valence-corrected chi connectivity index (χ2v) is 8.65. The molecule has 34 heavy (non-hydrogen) atoms. The van der Waals surface area contributed by atoms with Crippen LogP contribution in [0.2, 0.25) is 0 Å². The Labute approximate surface area is 194 Å². The molecule has 1 amide bonds.